The van der Waals surface area contributed by atoms with Gasteiger partial charge < -0.3 is 13.8 Å². The average molecular weight is 344 g/mol. The van der Waals surface area contributed by atoms with Crippen LogP contribution in [0.25, 0.3) is 11.4 Å². The maximum atomic E-state index is 12.5. The van der Waals surface area contributed by atoms with E-state index in [-0.39, 0.29) is 11.9 Å². The zero-order valence-electron chi connectivity index (χ0n) is 12.7. The molecule has 6 nitrogen and oxygen atoms in total. The van der Waals surface area contributed by atoms with Gasteiger partial charge in [-0.2, -0.15) is 4.98 Å². The number of nitrogens with zero attached hydrogens (tertiary/aromatic N) is 3. The summed E-state index contributed by atoms with van der Waals surface area (Å²) in [7, 11) is 0. The summed E-state index contributed by atoms with van der Waals surface area (Å²) in [6.45, 7) is 0.638. The first-order valence-electron chi connectivity index (χ1n) is 7.66. The molecule has 4 rings (SSSR count). The lowest BCUT2D eigenvalue weighted by molar-refractivity contribution is 0.0678. The van der Waals surface area contributed by atoms with Crippen molar-refractivity contribution in [2.24, 2.45) is 0 Å². The molecule has 1 aromatic carbocycles. The maximum Gasteiger partial charge on any atom is 0.290 e. The molecule has 7 heteroatoms. The van der Waals surface area contributed by atoms with Crippen LogP contribution in [0.2, 0.25) is 5.02 Å². The Morgan fingerprint density at radius 1 is 1.29 bits per heavy atom. The van der Waals surface area contributed by atoms with E-state index in [2.05, 4.69) is 10.1 Å². The van der Waals surface area contributed by atoms with Crippen LogP contribution in [0.5, 0.6) is 0 Å². The molecule has 1 aliphatic heterocycles. The maximum absolute atomic E-state index is 12.5. The largest absolute Gasteiger partial charge is 0.459 e. The third-order valence-electron chi connectivity index (χ3n) is 4.06. The molecule has 2 aromatic heterocycles. The molecule has 3 heterocycles. The molecule has 1 aliphatic rings. The van der Waals surface area contributed by atoms with Gasteiger partial charge >= 0.3 is 0 Å². The Bertz CT molecular complexity index is 860. The lowest BCUT2D eigenvalue weighted by Gasteiger charge is -2.20. The van der Waals surface area contributed by atoms with E-state index in [0.29, 0.717) is 29.0 Å². The summed E-state index contributed by atoms with van der Waals surface area (Å²) in [6, 6.07) is 10.4. The van der Waals surface area contributed by atoms with Gasteiger partial charge in [0.15, 0.2) is 5.76 Å². The van der Waals surface area contributed by atoms with Crippen molar-refractivity contribution in [3.05, 3.63) is 59.3 Å². The summed E-state index contributed by atoms with van der Waals surface area (Å²) >= 11 is 6.00. The zero-order chi connectivity index (χ0) is 16.5. The van der Waals surface area contributed by atoms with Gasteiger partial charge in [0.1, 0.15) is 6.04 Å². The second kappa shape index (κ2) is 6.13. The van der Waals surface area contributed by atoms with Gasteiger partial charge in [0.2, 0.25) is 11.7 Å². The SMILES string of the molecule is O=C(c1ccco1)N1CCC[C@@H]1c1nc(-c2cccc(Cl)c2)no1. The molecule has 24 heavy (non-hydrogen) atoms. The van der Waals surface area contributed by atoms with E-state index in [4.69, 9.17) is 20.5 Å². The number of hydrogen-bond acceptors (Lipinski definition) is 5. The highest BCUT2D eigenvalue weighted by Crippen LogP contribution is 2.33. The molecule has 0 saturated carbocycles. The minimum absolute atomic E-state index is 0.162. The molecular weight excluding hydrogens is 330 g/mol. The van der Waals surface area contributed by atoms with E-state index in [0.717, 1.165) is 18.4 Å². The Morgan fingerprint density at radius 3 is 3.00 bits per heavy atom. The highest BCUT2D eigenvalue weighted by molar-refractivity contribution is 6.30. The minimum atomic E-state index is -0.233. The number of hydrogen-bond donors (Lipinski definition) is 0. The van der Waals surface area contributed by atoms with Gasteiger partial charge in [0.25, 0.3) is 5.91 Å². The number of amides is 1. The van der Waals surface area contributed by atoms with Gasteiger partial charge in [-0.05, 0) is 37.1 Å². The highest BCUT2D eigenvalue weighted by Gasteiger charge is 2.35. The lowest BCUT2D eigenvalue weighted by Crippen LogP contribution is -2.30. The van der Waals surface area contributed by atoms with Crippen LogP contribution in [0.3, 0.4) is 0 Å². The van der Waals surface area contributed by atoms with Crippen LogP contribution in [0.15, 0.2) is 51.6 Å². The number of likely N-dealkylation sites (tertiary alicyclic amines) is 1. The van der Waals surface area contributed by atoms with Gasteiger partial charge in [0, 0.05) is 17.1 Å². The van der Waals surface area contributed by atoms with Gasteiger partial charge in [0.05, 0.1) is 6.26 Å². The third kappa shape index (κ3) is 2.69. The fourth-order valence-electron chi connectivity index (χ4n) is 2.92. The van der Waals surface area contributed by atoms with E-state index in [1.54, 1.807) is 29.2 Å². The summed E-state index contributed by atoms with van der Waals surface area (Å²) in [4.78, 5) is 18.7. The number of benzene rings is 1. The van der Waals surface area contributed by atoms with E-state index in [1.165, 1.54) is 6.26 Å². The highest BCUT2D eigenvalue weighted by atomic mass is 35.5. The van der Waals surface area contributed by atoms with Crippen LogP contribution in [0.4, 0.5) is 0 Å². The molecule has 0 aliphatic carbocycles. The average Bonchev–Trinajstić information content (AvgIpc) is 3.33. The van der Waals surface area contributed by atoms with Crippen LogP contribution in [-0.4, -0.2) is 27.5 Å². The Kier molecular flexibility index (Phi) is 3.82. The number of aromatic nitrogens is 2. The van der Waals surface area contributed by atoms with Crippen LogP contribution >= 0.6 is 11.6 Å². The monoisotopic (exact) mass is 343 g/mol. The van der Waals surface area contributed by atoms with E-state index >= 15 is 0 Å². The summed E-state index contributed by atoms with van der Waals surface area (Å²) in [5, 5.41) is 4.63. The van der Waals surface area contributed by atoms with Crippen LogP contribution < -0.4 is 0 Å². The fraction of sp³-hybridized carbons (Fsp3) is 0.235. The van der Waals surface area contributed by atoms with Crippen molar-refractivity contribution in [2.75, 3.05) is 6.54 Å². The Labute approximate surface area is 143 Å². The first kappa shape index (κ1) is 15.0. The Hall–Kier alpha value is -2.60. The van der Waals surface area contributed by atoms with Gasteiger partial charge in [-0.1, -0.05) is 28.9 Å². The smallest absolute Gasteiger partial charge is 0.290 e. The Morgan fingerprint density at radius 2 is 2.21 bits per heavy atom. The van der Waals surface area contributed by atoms with Crippen molar-refractivity contribution in [2.45, 2.75) is 18.9 Å². The van der Waals surface area contributed by atoms with Crippen LogP contribution in [0.1, 0.15) is 35.3 Å². The first-order chi connectivity index (χ1) is 11.7. The fourth-order valence-corrected chi connectivity index (χ4v) is 3.11. The standard InChI is InChI=1S/C17H14ClN3O3/c18-12-5-1-4-11(10-12)15-19-16(24-20-15)13-6-2-8-21(13)17(22)14-7-3-9-23-14/h1,3-5,7,9-10,13H,2,6,8H2/t13-/m1/s1. The number of rotatable bonds is 3. The van der Waals surface area contributed by atoms with E-state index in [1.807, 2.05) is 12.1 Å². The number of carbonyl (C=O) groups excluding carboxylic acids is 1. The number of furan rings is 1. The summed E-state index contributed by atoms with van der Waals surface area (Å²) in [5.41, 5.74) is 0.777. The van der Waals surface area contributed by atoms with E-state index < -0.39 is 0 Å². The molecule has 0 bridgehead atoms. The minimum Gasteiger partial charge on any atom is -0.459 e. The quantitative estimate of drug-likeness (QED) is 0.719. The van der Waals surface area contributed by atoms with Crippen molar-refractivity contribution in [1.82, 2.24) is 15.0 Å². The lowest BCUT2D eigenvalue weighted by atomic mass is 10.2. The molecule has 0 N–H and O–H groups in total. The predicted octanol–water partition coefficient (Wildman–Crippen LogP) is 3.96. The summed E-state index contributed by atoms with van der Waals surface area (Å²) in [6.07, 6.45) is 3.15. The van der Waals surface area contributed by atoms with Crippen LogP contribution in [-0.2, 0) is 0 Å². The molecule has 122 valence electrons. The second-order valence-electron chi connectivity index (χ2n) is 5.60. The molecule has 0 unspecified atom stereocenters. The molecule has 0 radical (unpaired) electrons. The molecule has 0 spiro atoms. The first-order valence-corrected chi connectivity index (χ1v) is 8.04. The molecule has 1 atom stereocenters. The molecule has 1 fully saturated rings. The van der Waals surface area contributed by atoms with E-state index in [9.17, 15) is 4.79 Å². The van der Waals surface area contributed by atoms with Crippen molar-refractivity contribution in [3.8, 4) is 11.4 Å². The van der Waals surface area contributed by atoms with Crippen LogP contribution in [0, 0.1) is 0 Å². The van der Waals surface area contributed by atoms with Crippen molar-refractivity contribution in [3.63, 3.8) is 0 Å². The molecule has 3 aromatic rings. The zero-order valence-corrected chi connectivity index (χ0v) is 13.4. The normalized spacial score (nSPS) is 17.4. The number of carbonyl (C=O) groups is 1. The number of halogens is 1. The molecule has 1 amide bonds. The van der Waals surface area contributed by atoms with Gasteiger partial charge in [-0.15, -0.1) is 0 Å². The predicted molar refractivity (Wildman–Crippen MR) is 86.5 cm³/mol. The van der Waals surface area contributed by atoms with Gasteiger partial charge in [-0.25, -0.2) is 0 Å². The second-order valence-corrected chi connectivity index (χ2v) is 6.04. The third-order valence-corrected chi connectivity index (χ3v) is 4.29. The molecular formula is C17H14ClN3O3. The topological polar surface area (TPSA) is 72.4 Å². The Balaban J connectivity index is 1.60. The van der Waals surface area contributed by atoms with Crippen molar-refractivity contribution < 1.29 is 13.7 Å². The van der Waals surface area contributed by atoms with Gasteiger partial charge in [-0.3, -0.25) is 4.79 Å². The molecule has 1 saturated heterocycles. The summed E-state index contributed by atoms with van der Waals surface area (Å²) < 4.78 is 10.6. The summed E-state index contributed by atoms with van der Waals surface area (Å²) in [5.74, 6) is 1.05. The van der Waals surface area contributed by atoms with Crippen molar-refractivity contribution >= 4 is 17.5 Å². The van der Waals surface area contributed by atoms with Crippen molar-refractivity contribution in [1.29, 1.82) is 0 Å².